The Balaban J connectivity index is 1.70. The van der Waals surface area contributed by atoms with E-state index >= 15 is 0 Å². The van der Waals surface area contributed by atoms with Gasteiger partial charge in [-0.1, -0.05) is 43.7 Å². The molecule has 4 nitrogen and oxygen atoms in total. The summed E-state index contributed by atoms with van der Waals surface area (Å²) in [6.45, 7) is 2.36. The molecule has 3 rings (SSSR count). The van der Waals surface area contributed by atoms with Crippen molar-refractivity contribution in [2.24, 2.45) is 0 Å². The molecule has 1 aromatic heterocycles. The Morgan fingerprint density at radius 2 is 2.04 bits per heavy atom. The van der Waals surface area contributed by atoms with E-state index in [-0.39, 0.29) is 17.6 Å². The van der Waals surface area contributed by atoms with Gasteiger partial charge in [0.2, 0.25) is 5.91 Å². The number of imidazole rings is 1. The van der Waals surface area contributed by atoms with Crippen LogP contribution in [0.3, 0.4) is 0 Å². The summed E-state index contributed by atoms with van der Waals surface area (Å²) in [7, 11) is 0. The number of fused-ring (bicyclic) bond motifs is 1. The van der Waals surface area contributed by atoms with E-state index in [0.717, 1.165) is 18.4 Å². The van der Waals surface area contributed by atoms with Crippen LogP contribution in [-0.2, 0) is 11.3 Å². The lowest BCUT2D eigenvalue weighted by Crippen LogP contribution is -2.29. The summed E-state index contributed by atoms with van der Waals surface area (Å²) < 4.78 is 13.2. The van der Waals surface area contributed by atoms with Crippen molar-refractivity contribution in [3.05, 3.63) is 65.7 Å². The largest absolute Gasteiger partial charge is 0.348 e. The third-order valence-electron chi connectivity index (χ3n) is 4.02. The average Bonchev–Trinajstić information content (AvgIpc) is 3.00. The number of nitrogens with one attached hydrogen (secondary N) is 2. The molecular weight excluding hydrogens is 305 g/mol. The van der Waals surface area contributed by atoms with Gasteiger partial charge in [0.05, 0.1) is 23.5 Å². The topological polar surface area (TPSA) is 57.8 Å². The van der Waals surface area contributed by atoms with E-state index < -0.39 is 0 Å². The number of hydrogen-bond donors (Lipinski definition) is 2. The molecule has 0 aliphatic heterocycles. The molecule has 0 fully saturated rings. The van der Waals surface area contributed by atoms with E-state index in [1.165, 1.54) is 12.1 Å². The van der Waals surface area contributed by atoms with Crippen LogP contribution in [0.2, 0.25) is 0 Å². The highest BCUT2D eigenvalue weighted by atomic mass is 19.1. The van der Waals surface area contributed by atoms with Crippen LogP contribution in [0, 0.1) is 5.82 Å². The van der Waals surface area contributed by atoms with Crippen molar-refractivity contribution in [3.63, 3.8) is 0 Å². The van der Waals surface area contributed by atoms with Gasteiger partial charge in [0.15, 0.2) is 0 Å². The van der Waals surface area contributed by atoms with Crippen molar-refractivity contribution in [2.45, 2.75) is 32.2 Å². The molecule has 1 amide bonds. The van der Waals surface area contributed by atoms with Crippen molar-refractivity contribution in [1.29, 1.82) is 0 Å². The highest BCUT2D eigenvalue weighted by molar-refractivity contribution is 5.83. The van der Waals surface area contributed by atoms with E-state index in [9.17, 15) is 9.18 Å². The Bertz CT molecular complexity index is 829. The minimum atomic E-state index is -0.311. The van der Waals surface area contributed by atoms with Crippen LogP contribution in [0.1, 0.15) is 37.1 Å². The van der Waals surface area contributed by atoms with Crippen LogP contribution in [0.25, 0.3) is 11.0 Å². The van der Waals surface area contributed by atoms with Gasteiger partial charge in [-0.25, -0.2) is 9.37 Å². The molecule has 2 N–H and O–H groups in total. The zero-order chi connectivity index (χ0) is 16.9. The third kappa shape index (κ3) is 3.62. The second-order valence-electron chi connectivity index (χ2n) is 5.81. The lowest BCUT2D eigenvalue weighted by atomic mass is 9.94. The molecule has 24 heavy (non-hydrogen) atoms. The molecule has 2 aromatic carbocycles. The van der Waals surface area contributed by atoms with Gasteiger partial charge in [-0.2, -0.15) is 0 Å². The number of halogens is 1. The van der Waals surface area contributed by atoms with Gasteiger partial charge in [0.25, 0.3) is 0 Å². The smallest absolute Gasteiger partial charge is 0.227 e. The van der Waals surface area contributed by atoms with E-state index in [0.29, 0.717) is 23.4 Å². The van der Waals surface area contributed by atoms with Gasteiger partial charge in [0, 0.05) is 0 Å². The summed E-state index contributed by atoms with van der Waals surface area (Å²) in [5.74, 6) is 0.119. The molecule has 0 aliphatic carbocycles. The van der Waals surface area contributed by atoms with Crippen LogP contribution in [0.15, 0.2) is 48.5 Å². The van der Waals surface area contributed by atoms with E-state index in [4.69, 9.17) is 0 Å². The van der Waals surface area contributed by atoms with Crippen molar-refractivity contribution >= 4 is 16.9 Å². The monoisotopic (exact) mass is 325 g/mol. The number of aromatic amines is 1. The summed E-state index contributed by atoms with van der Waals surface area (Å²) in [5, 5.41) is 2.93. The first-order chi connectivity index (χ1) is 11.7. The van der Waals surface area contributed by atoms with Gasteiger partial charge in [-0.05, 0) is 30.2 Å². The molecule has 0 saturated carbocycles. The maximum absolute atomic E-state index is 13.2. The standard InChI is InChI=1S/C19H20FN3O/c1-2-6-15(13-7-4-3-5-8-13)19(24)21-12-18-22-16-10-9-14(20)11-17(16)23-18/h3-5,7-11,15H,2,6,12H2,1H3,(H,21,24)(H,22,23)/t15-/m0/s1. The SMILES string of the molecule is CCC[C@H](C(=O)NCc1nc2ccc(F)cc2[nH]1)c1ccccc1. The van der Waals surface area contributed by atoms with Crippen LogP contribution < -0.4 is 5.32 Å². The summed E-state index contributed by atoms with van der Waals surface area (Å²) >= 11 is 0. The Hall–Kier alpha value is -2.69. The van der Waals surface area contributed by atoms with Gasteiger partial charge < -0.3 is 10.3 Å². The van der Waals surface area contributed by atoms with Crippen LogP contribution >= 0.6 is 0 Å². The number of nitrogens with zero attached hydrogens (tertiary/aromatic N) is 1. The van der Waals surface area contributed by atoms with E-state index in [2.05, 4.69) is 22.2 Å². The molecule has 0 radical (unpaired) electrons. The molecule has 0 spiro atoms. The zero-order valence-electron chi connectivity index (χ0n) is 13.6. The predicted molar refractivity (Wildman–Crippen MR) is 92.0 cm³/mol. The Labute approximate surface area is 140 Å². The highest BCUT2D eigenvalue weighted by Crippen LogP contribution is 2.21. The maximum Gasteiger partial charge on any atom is 0.227 e. The summed E-state index contributed by atoms with van der Waals surface area (Å²) in [6.07, 6.45) is 1.72. The fourth-order valence-corrected chi connectivity index (χ4v) is 2.84. The lowest BCUT2D eigenvalue weighted by molar-refractivity contribution is -0.122. The highest BCUT2D eigenvalue weighted by Gasteiger charge is 2.19. The Morgan fingerprint density at radius 3 is 2.79 bits per heavy atom. The van der Waals surface area contributed by atoms with Gasteiger partial charge in [-0.15, -0.1) is 0 Å². The molecular formula is C19H20FN3O. The molecule has 0 aliphatic rings. The van der Waals surface area contributed by atoms with E-state index in [1.54, 1.807) is 6.07 Å². The predicted octanol–water partition coefficient (Wildman–Crippen LogP) is 3.90. The number of carbonyl (C=O) groups is 1. The number of amides is 1. The van der Waals surface area contributed by atoms with Crippen molar-refractivity contribution in [2.75, 3.05) is 0 Å². The molecule has 5 heteroatoms. The molecule has 3 aromatic rings. The van der Waals surface area contributed by atoms with Gasteiger partial charge >= 0.3 is 0 Å². The van der Waals surface area contributed by atoms with Crippen LogP contribution in [0.5, 0.6) is 0 Å². The Morgan fingerprint density at radius 1 is 1.25 bits per heavy atom. The number of H-pyrrole nitrogens is 1. The molecule has 0 saturated heterocycles. The number of aromatic nitrogens is 2. The normalized spacial score (nSPS) is 12.2. The van der Waals surface area contributed by atoms with Gasteiger partial charge in [-0.3, -0.25) is 4.79 Å². The summed E-state index contributed by atoms with van der Waals surface area (Å²) in [5.41, 5.74) is 2.34. The molecule has 124 valence electrons. The van der Waals surface area contributed by atoms with Crippen molar-refractivity contribution < 1.29 is 9.18 Å². The number of hydrogen-bond acceptors (Lipinski definition) is 2. The Kier molecular flexibility index (Phi) is 4.89. The molecule has 0 unspecified atom stereocenters. The van der Waals surface area contributed by atoms with Crippen LogP contribution in [-0.4, -0.2) is 15.9 Å². The second-order valence-corrected chi connectivity index (χ2v) is 5.81. The first kappa shape index (κ1) is 16.2. The maximum atomic E-state index is 13.2. The second kappa shape index (κ2) is 7.25. The van der Waals surface area contributed by atoms with E-state index in [1.807, 2.05) is 30.3 Å². The zero-order valence-corrected chi connectivity index (χ0v) is 13.6. The number of rotatable bonds is 6. The molecule has 1 atom stereocenters. The first-order valence-electron chi connectivity index (χ1n) is 8.14. The fourth-order valence-electron chi connectivity index (χ4n) is 2.84. The van der Waals surface area contributed by atoms with Gasteiger partial charge in [0.1, 0.15) is 11.6 Å². The lowest BCUT2D eigenvalue weighted by Gasteiger charge is -2.16. The minimum Gasteiger partial charge on any atom is -0.348 e. The van der Waals surface area contributed by atoms with Crippen LogP contribution in [0.4, 0.5) is 4.39 Å². The molecule has 1 heterocycles. The third-order valence-corrected chi connectivity index (χ3v) is 4.02. The van der Waals surface area contributed by atoms with Crippen molar-refractivity contribution in [3.8, 4) is 0 Å². The first-order valence-corrected chi connectivity index (χ1v) is 8.14. The summed E-state index contributed by atoms with van der Waals surface area (Å²) in [4.78, 5) is 20.0. The average molecular weight is 325 g/mol. The molecule has 0 bridgehead atoms. The summed E-state index contributed by atoms with van der Waals surface area (Å²) in [6, 6.07) is 14.2. The number of carbonyl (C=O) groups excluding carboxylic acids is 1. The minimum absolute atomic E-state index is 0.0188. The number of benzene rings is 2. The fraction of sp³-hybridized carbons (Fsp3) is 0.263. The van der Waals surface area contributed by atoms with Crippen molar-refractivity contribution in [1.82, 2.24) is 15.3 Å². The quantitative estimate of drug-likeness (QED) is 0.722.